The standard InChI is InChI=1S/C24H24N6O/c31-23(16-17-6-2-1-3-7-17)26-19-11-9-18(10-12-19)20-13-14-22-27-28-24(30(22)29-20)21-8-4-5-15-25-21/h4-5,8-15,17H,1-3,6-7,16H2,(H,26,31). The Kier molecular flexibility index (Phi) is 5.39. The van der Waals surface area contributed by atoms with E-state index in [9.17, 15) is 4.79 Å². The maximum absolute atomic E-state index is 12.4. The van der Waals surface area contributed by atoms with Gasteiger partial charge in [-0.3, -0.25) is 9.78 Å². The molecule has 0 radical (unpaired) electrons. The number of nitrogens with zero attached hydrogens (tertiary/aromatic N) is 5. The van der Waals surface area contributed by atoms with Crippen LogP contribution < -0.4 is 5.32 Å². The van der Waals surface area contributed by atoms with Gasteiger partial charge in [0.2, 0.25) is 11.7 Å². The summed E-state index contributed by atoms with van der Waals surface area (Å²) in [5.41, 5.74) is 3.94. The molecular formula is C24H24N6O. The van der Waals surface area contributed by atoms with E-state index in [0.717, 1.165) is 22.6 Å². The lowest BCUT2D eigenvalue weighted by Crippen LogP contribution is -2.18. The summed E-state index contributed by atoms with van der Waals surface area (Å²) in [5, 5.41) is 16.2. The van der Waals surface area contributed by atoms with Gasteiger partial charge in [-0.2, -0.15) is 9.61 Å². The second-order valence-corrected chi connectivity index (χ2v) is 8.06. The van der Waals surface area contributed by atoms with Crippen molar-refractivity contribution < 1.29 is 4.79 Å². The summed E-state index contributed by atoms with van der Waals surface area (Å²) in [6.45, 7) is 0. The number of benzene rings is 1. The second kappa shape index (κ2) is 8.63. The van der Waals surface area contributed by atoms with Crippen LogP contribution in [0.15, 0.2) is 60.8 Å². The molecule has 156 valence electrons. The van der Waals surface area contributed by atoms with Crippen LogP contribution in [0.4, 0.5) is 5.69 Å². The first-order valence-corrected chi connectivity index (χ1v) is 10.8. The molecule has 4 aromatic rings. The maximum atomic E-state index is 12.4. The number of carbonyl (C=O) groups excluding carboxylic acids is 1. The molecule has 1 amide bonds. The maximum Gasteiger partial charge on any atom is 0.224 e. The van der Waals surface area contributed by atoms with E-state index in [-0.39, 0.29) is 5.91 Å². The lowest BCUT2D eigenvalue weighted by molar-refractivity contribution is -0.117. The van der Waals surface area contributed by atoms with Crippen molar-refractivity contribution in [2.45, 2.75) is 38.5 Å². The Balaban J connectivity index is 1.33. The van der Waals surface area contributed by atoms with E-state index in [1.54, 1.807) is 10.7 Å². The molecule has 0 saturated heterocycles. The Bertz CT molecular complexity index is 1180. The van der Waals surface area contributed by atoms with Gasteiger partial charge in [0.1, 0.15) is 5.69 Å². The van der Waals surface area contributed by atoms with E-state index < -0.39 is 0 Å². The van der Waals surface area contributed by atoms with Gasteiger partial charge in [-0.1, -0.05) is 37.5 Å². The molecule has 1 fully saturated rings. The highest BCUT2D eigenvalue weighted by atomic mass is 16.1. The van der Waals surface area contributed by atoms with Crippen LogP contribution in [0.25, 0.3) is 28.4 Å². The number of carbonyl (C=O) groups is 1. The summed E-state index contributed by atoms with van der Waals surface area (Å²) in [6.07, 6.45) is 8.48. The van der Waals surface area contributed by atoms with E-state index in [1.165, 1.54) is 32.1 Å². The molecule has 1 saturated carbocycles. The Morgan fingerprint density at radius 1 is 0.935 bits per heavy atom. The van der Waals surface area contributed by atoms with Crippen molar-refractivity contribution in [2.24, 2.45) is 5.92 Å². The predicted molar refractivity (Wildman–Crippen MR) is 119 cm³/mol. The van der Waals surface area contributed by atoms with Crippen molar-refractivity contribution in [3.05, 3.63) is 60.8 Å². The number of rotatable bonds is 5. The smallest absolute Gasteiger partial charge is 0.224 e. The highest BCUT2D eigenvalue weighted by Crippen LogP contribution is 2.27. The number of pyridine rings is 1. The molecule has 1 aliphatic rings. The molecule has 0 bridgehead atoms. The number of fused-ring (bicyclic) bond motifs is 1. The zero-order valence-electron chi connectivity index (χ0n) is 17.2. The second-order valence-electron chi connectivity index (χ2n) is 8.06. The minimum atomic E-state index is 0.101. The topological polar surface area (TPSA) is 85.1 Å². The van der Waals surface area contributed by atoms with Crippen molar-refractivity contribution in [1.82, 2.24) is 24.8 Å². The first-order chi connectivity index (χ1) is 15.3. The van der Waals surface area contributed by atoms with Crippen LogP contribution in [0.1, 0.15) is 38.5 Å². The molecule has 0 atom stereocenters. The summed E-state index contributed by atoms with van der Waals surface area (Å²) < 4.78 is 1.71. The normalized spacial score (nSPS) is 14.6. The fraction of sp³-hybridized carbons (Fsp3) is 0.292. The van der Waals surface area contributed by atoms with Crippen molar-refractivity contribution >= 4 is 17.2 Å². The number of hydrogen-bond donors (Lipinski definition) is 1. The molecular weight excluding hydrogens is 388 g/mol. The summed E-state index contributed by atoms with van der Waals surface area (Å²) in [7, 11) is 0. The van der Waals surface area contributed by atoms with Gasteiger partial charge in [-0.05, 0) is 55.2 Å². The Morgan fingerprint density at radius 3 is 2.55 bits per heavy atom. The average Bonchev–Trinajstić information content (AvgIpc) is 3.24. The molecule has 5 rings (SSSR count). The lowest BCUT2D eigenvalue weighted by atomic mass is 9.87. The van der Waals surface area contributed by atoms with E-state index in [1.807, 2.05) is 54.6 Å². The number of anilines is 1. The Labute approximate surface area is 180 Å². The van der Waals surface area contributed by atoms with Gasteiger partial charge in [0.15, 0.2) is 5.65 Å². The predicted octanol–water partition coefficient (Wildman–Crippen LogP) is 4.76. The van der Waals surface area contributed by atoms with Crippen molar-refractivity contribution in [2.75, 3.05) is 5.32 Å². The van der Waals surface area contributed by atoms with Gasteiger partial charge in [0.25, 0.3) is 0 Å². The van der Waals surface area contributed by atoms with Gasteiger partial charge < -0.3 is 5.32 Å². The number of nitrogens with one attached hydrogen (secondary N) is 1. The third-order valence-corrected chi connectivity index (χ3v) is 5.82. The molecule has 0 aliphatic heterocycles. The summed E-state index contributed by atoms with van der Waals surface area (Å²) >= 11 is 0. The molecule has 7 nitrogen and oxygen atoms in total. The van der Waals surface area contributed by atoms with Crippen molar-refractivity contribution in [1.29, 1.82) is 0 Å². The van der Waals surface area contributed by atoms with Crippen molar-refractivity contribution in [3.63, 3.8) is 0 Å². The van der Waals surface area contributed by atoms with Crippen LogP contribution in [0.3, 0.4) is 0 Å². The highest BCUT2D eigenvalue weighted by molar-refractivity contribution is 5.91. The third-order valence-electron chi connectivity index (χ3n) is 5.82. The monoisotopic (exact) mass is 412 g/mol. The van der Waals surface area contributed by atoms with E-state index in [2.05, 4.69) is 20.5 Å². The lowest BCUT2D eigenvalue weighted by Gasteiger charge is -2.20. The summed E-state index contributed by atoms with van der Waals surface area (Å²) in [5.74, 6) is 1.23. The van der Waals surface area contributed by atoms with Crippen LogP contribution >= 0.6 is 0 Å². The zero-order chi connectivity index (χ0) is 21.0. The fourth-order valence-electron chi connectivity index (χ4n) is 4.19. The molecule has 1 N–H and O–H groups in total. The van der Waals surface area contributed by atoms with Crippen LogP contribution in [-0.2, 0) is 4.79 Å². The molecule has 3 heterocycles. The van der Waals surface area contributed by atoms with Crippen LogP contribution in [0.2, 0.25) is 0 Å². The van der Waals surface area contributed by atoms with Crippen LogP contribution in [0.5, 0.6) is 0 Å². The Hall–Kier alpha value is -3.61. The minimum absolute atomic E-state index is 0.101. The van der Waals surface area contributed by atoms with Crippen LogP contribution in [0, 0.1) is 5.92 Å². The first kappa shape index (κ1) is 19.4. The number of hydrogen-bond acceptors (Lipinski definition) is 5. The number of aromatic nitrogens is 5. The van der Waals surface area contributed by atoms with E-state index in [4.69, 9.17) is 5.10 Å². The Morgan fingerprint density at radius 2 is 1.77 bits per heavy atom. The molecule has 1 aromatic carbocycles. The van der Waals surface area contributed by atoms with Gasteiger partial charge in [0, 0.05) is 23.9 Å². The largest absolute Gasteiger partial charge is 0.326 e. The van der Waals surface area contributed by atoms with Gasteiger partial charge in [0.05, 0.1) is 5.69 Å². The third kappa shape index (κ3) is 4.30. The summed E-state index contributed by atoms with van der Waals surface area (Å²) in [6, 6.07) is 17.2. The van der Waals surface area contributed by atoms with Gasteiger partial charge in [-0.15, -0.1) is 10.2 Å². The molecule has 0 unspecified atom stereocenters. The quantitative estimate of drug-likeness (QED) is 0.511. The van der Waals surface area contributed by atoms with E-state index in [0.29, 0.717) is 23.8 Å². The SMILES string of the molecule is O=C(CC1CCCCC1)Nc1ccc(-c2ccc3nnc(-c4ccccn4)n3n2)cc1. The molecule has 31 heavy (non-hydrogen) atoms. The molecule has 1 aliphatic carbocycles. The molecule has 7 heteroatoms. The van der Waals surface area contributed by atoms with Crippen LogP contribution in [-0.4, -0.2) is 30.7 Å². The number of amides is 1. The minimum Gasteiger partial charge on any atom is -0.326 e. The first-order valence-electron chi connectivity index (χ1n) is 10.8. The van der Waals surface area contributed by atoms with E-state index >= 15 is 0 Å². The van der Waals surface area contributed by atoms with Gasteiger partial charge >= 0.3 is 0 Å². The van der Waals surface area contributed by atoms with Crippen molar-refractivity contribution in [3.8, 4) is 22.8 Å². The fourth-order valence-corrected chi connectivity index (χ4v) is 4.19. The van der Waals surface area contributed by atoms with Gasteiger partial charge in [-0.25, -0.2) is 0 Å². The zero-order valence-corrected chi connectivity index (χ0v) is 17.2. The average molecular weight is 412 g/mol. The summed E-state index contributed by atoms with van der Waals surface area (Å²) in [4.78, 5) is 16.7. The molecule has 0 spiro atoms. The molecule has 3 aromatic heterocycles. The highest BCUT2D eigenvalue weighted by Gasteiger charge is 2.17.